The summed E-state index contributed by atoms with van der Waals surface area (Å²) >= 11 is 0. The molecule has 0 spiro atoms. The SMILES string of the molecule is CCCCN(C)C(=O)[C@H](CC1CCCCC1)NC(=O)[C@@H](CC(C)C)NC(=O)Cc1cc(F)cc(F)c1. The average molecular weight is 508 g/mol. The van der Waals surface area contributed by atoms with Crippen molar-refractivity contribution in [3.05, 3.63) is 35.4 Å². The number of rotatable bonds is 13. The molecule has 0 unspecified atom stereocenters. The number of halogens is 2. The van der Waals surface area contributed by atoms with Crippen molar-refractivity contribution in [1.29, 1.82) is 0 Å². The second-order valence-corrected chi connectivity index (χ2v) is 10.6. The summed E-state index contributed by atoms with van der Waals surface area (Å²) in [5.41, 5.74) is 0.191. The molecular formula is C28H43F2N3O3. The maximum atomic E-state index is 13.5. The van der Waals surface area contributed by atoms with Gasteiger partial charge < -0.3 is 15.5 Å². The van der Waals surface area contributed by atoms with Gasteiger partial charge in [0.05, 0.1) is 6.42 Å². The predicted octanol–water partition coefficient (Wildman–Crippen LogP) is 4.75. The molecule has 202 valence electrons. The maximum Gasteiger partial charge on any atom is 0.244 e. The third-order valence-electron chi connectivity index (χ3n) is 6.78. The number of nitrogens with zero attached hydrogens (tertiary/aromatic N) is 1. The molecule has 1 fully saturated rings. The van der Waals surface area contributed by atoms with E-state index in [4.69, 9.17) is 0 Å². The highest BCUT2D eigenvalue weighted by molar-refractivity contribution is 5.92. The van der Waals surface area contributed by atoms with E-state index in [9.17, 15) is 23.2 Å². The van der Waals surface area contributed by atoms with Crippen molar-refractivity contribution in [2.24, 2.45) is 11.8 Å². The molecule has 2 rings (SSSR count). The van der Waals surface area contributed by atoms with E-state index >= 15 is 0 Å². The van der Waals surface area contributed by atoms with Gasteiger partial charge in [0.2, 0.25) is 17.7 Å². The number of likely N-dealkylation sites (N-methyl/N-ethyl adjacent to an activating group) is 1. The van der Waals surface area contributed by atoms with Crippen molar-refractivity contribution < 1.29 is 23.2 Å². The minimum atomic E-state index is -0.849. The summed E-state index contributed by atoms with van der Waals surface area (Å²) in [5, 5.41) is 5.68. The van der Waals surface area contributed by atoms with Gasteiger partial charge in [0.1, 0.15) is 23.7 Å². The molecular weight excluding hydrogens is 464 g/mol. The molecule has 1 aromatic rings. The van der Waals surface area contributed by atoms with Crippen molar-refractivity contribution in [1.82, 2.24) is 15.5 Å². The van der Waals surface area contributed by atoms with E-state index in [1.54, 1.807) is 11.9 Å². The Morgan fingerprint density at radius 1 is 1.00 bits per heavy atom. The molecule has 0 saturated heterocycles. The van der Waals surface area contributed by atoms with Gasteiger partial charge in [-0.05, 0) is 48.8 Å². The van der Waals surface area contributed by atoms with E-state index in [2.05, 4.69) is 17.6 Å². The highest BCUT2D eigenvalue weighted by Gasteiger charge is 2.31. The van der Waals surface area contributed by atoms with Gasteiger partial charge in [-0.2, -0.15) is 0 Å². The standard InChI is InChI=1S/C28H43F2N3O3/c1-5-6-12-33(4)28(36)25(16-20-10-8-7-9-11-20)32-27(35)24(13-19(2)3)31-26(34)17-21-14-22(29)18-23(30)15-21/h14-15,18-20,24-25H,5-13,16-17H2,1-4H3,(H,31,34)(H,32,35)/t24-,25+/m1/s1. The first-order chi connectivity index (χ1) is 17.1. The summed E-state index contributed by atoms with van der Waals surface area (Å²) in [6.07, 6.45) is 8.15. The normalized spacial score (nSPS) is 15.9. The number of unbranched alkanes of at least 4 members (excludes halogenated alkanes) is 1. The molecule has 36 heavy (non-hydrogen) atoms. The molecule has 0 heterocycles. The lowest BCUT2D eigenvalue weighted by atomic mass is 9.84. The van der Waals surface area contributed by atoms with Crippen LogP contribution in [0.15, 0.2) is 18.2 Å². The fourth-order valence-electron chi connectivity index (χ4n) is 4.87. The Labute approximate surface area is 214 Å². The molecule has 1 aromatic carbocycles. The van der Waals surface area contributed by atoms with Crippen molar-refractivity contribution >= 4 is 17.7 Å². The minimum absolute atomic E-state index is 0.104. The van der Waals surface area contributed by atoms with Crippen LogP contribution in [-0.4, -0.2) is 48.3 Å². The van der Waals surface area contributed by atoms with Gasteiger partial charge in [0.25, 0.3) is 0 Å². The smallest absolute Gasteiger partial charge is 0.244 e. The summed E-state index contributed by atoms with van der Waals surface area (Å²) < 4.78 is 27.0. The summed E-state index contributed by atoms with van der Waals surface area (Å²) in [5.74, 6) is -2.04. The van der Waals surface area contributed by atoms with Gasteiger partial charge in [-0.15, -0.1) is 0 Å². The van der Waals surface area contributed by atoms with Crippen LogP contribution in [0.3, 0.4) is 0 Å². The zero-order valence-electron chi connectivity index (χ0n) is 22.2. The van der Waals surface area contributed by atoms with Crippen LogP contribution >= 0.6 is 0 Å². The molecule has 0 aromatic heterocycles. The Hall–Kier alpha value is -2.51. The second-order valence-electron chi connectivity index (χ2n) is 10.6. The Balaban J connectivity index is 2.12. The highest BCUT2D eigenvalue weighted by Crippen LogP contribution is 2.28. The van der Waals surface area contributed by atoms with Crippen LogP contribution in [0.25, 0.3) is 0 Å². The number of carbonyl (C=O) groups excluding carboxylic acids is 3. The molecule has 1 aliphatic rings. The number of nitrogens with one attached hydrogen (secondary N) is 2. The minimum Gasteiger partial charge on any atom is -0.344 e. The summed E-state index contributed by atoms with van der Waals surface area (Å²) in [6, 6.07) is 1.46. The largest absolute Gasteiger partial charge is 0.344 e. The second kappa shape index (κ2) is 14.9. The summed E-state index contributed by atoms with van der Waals surface area (Å²) in [6.45, 7) is 6.58. The van der Waals surface area contributed by atoms with Crippen molar-refractivity contribution in [2.45, 2.75) is 97.1 Å². The monoisotopic (exact) mass is 507 g/mol. The van der Waals surface area contributed by atoms with E-state index in [0.717, 1.165) is 56.7 Å². The van der Waals surface area contributed by atoms with Gasteiger partial charge >= 0.3 is 0 Å². The quantitative estimate of drug-likeness (QED) is 0.404. The van der Waals surface area contributed by atoms with Crippen LogP contribution < -0.4 is 10.6 Å². The van der Waals surface area contributed by atoms with E-state index in [1.807, 2.05) is 13.8 Å². The fraction of sp³-hybridized carbons (Fsp3) is 0.679. The lowest BCUT2D eigenvalue weighted by molar-refractivity contribution is -0.137. The van der Waals surface area contributed by atoms with Crippen LogP contribution in [0.5, 0.6) is 0 Å². The topological polar surface area (TPSA) is 78.5 Å². The number of benzene rings is 1. The molecule has 8 heteroatoms. The van der Waals surface area contributed by atoms with E-state index in [0.29, 0.717) is 25.3 Å². The summed E-state index contributed by atoms with van der Waals surface area (Å²) in [7, 11) is 1.77. The number of amides is 3. The first-order valence-electron chi connectivity index (χ1n) is 13.4. The average Bonchev–Trinajstić information content (AvgIpc) is 2.80. The van der Waals surface area contributed by atoms with Gasteiger partial charge in [-0.3, -0.25) is 14.4 Å². The summed E-state index contributed by atoms with van der Waals surface area (Å²) in [4.78, 5) is 41.0. The molecule has 0 aliphatic heterocycles. The predicted molar refractivity (Wildman–Crippen MR) is 137 cm³/mol. The van der Waals surface area contributed by atoms with E-state index in [1.165, 1.54) is 6.42 Å². The third-order valence-corrected chi connectivity index (χ3v) is 6.78. The number of hydrogen-bond acceptors (Lipinski definition) is 3. The molecule has 6 nitrogen and oxygen atoms in total. The van der Waals surface area contributed by atoms with Crippen LogP contribution in [0.1, 0.15) is 84.1 Å². The van der Waals surface area contributed by atoms with Gasteiger partial charge in [0, 0.05) is 19.7 Å². The van der Waals surface area contributed by atoms with Gasteiger partial charge in [0.15, 0.2) is 0 Å². The Bertz CT molecular complexity index is 851. The van der Waals surface area contributed by atoms with Crippen molar-refractivity contribution in [3.63, 3.8) is 0 Å². The Kier molecular flexibility index (Phi) is 12.3. The van der Waals surface area contributed by atoms with Crippen LogP contribution in [0.4, 0.5) is 8.78 Å². The third kappa shape index (κ3) is 10.2. The lowest BCUT2D eigenvalue weighted by Gasteiger charge is -2.31. The molecule has 3 amide bonds. The van der Waals surface area contributed by atoms with E-state index in [-0.39, 0.29) is 23.8 Å². The molecule has 2 N–H and O–H groups in total. The van der Waals surface area contributed by atoms with Gasteiger partial charge in [-0.25, -0.2) is 8.78 Å². The number of hydrogen-bond donors (Lipinski definition) is 2. The van der Waals surface area contributed by atoms with Crippen molar-refractivity contribution in [3.8, 4) is 0 Å². The van der Waals surface area contributed by atoms with Crippen LogP contribution in [0.2, 0.25) is 0 Å². The van der Waals surface area contributed by atoms with E-state index < -0.39 is 35.5 Å². The highest BCUT2D eigenvalue weighted by atomic mass is 19.1. The lowest BCUT2D eigenvalue weighted by Crippen LogP contribution is -2.55. The van der Waals surface area contributed by atoms with Crippen LogP contribution in [0, 0.1) is 23.5 Å². The first kappa shape index (κ1) is 29.7. The molecule has 1 aliphatic carbocycles. The molecule has 0 radical (unpaired) electrons. The first-order valence-corrected chi connectivity index (χ1v) is 13.4. The van der Waals surface area contributed by atoms with Crippen LogP contribution in [-0.2, 0) is 20.8 Å². The molecule has 1 saturated carbocycles. The Morgan fingerprint density at radius 3 is 2.22 bits per heavy atom. The van der Waals surface area contributed by atoms with Gasteiger partial charge in [-0.1, -0.05) is 59.3 Å². The molecule has 0 bridgehead atoms. The zero-order chi connectivity index (χ0) is 26.7. The fourth-order valence-corrected chi connectivity index (χ4v) is 4.87. The molecule has 2 atom stereocenters. The maximum absolute atomic E-state index is 13.5. The number of carbonyl (C=O) groups is 3. The zero-order valence-corrected chi connectivity index (χ0v) is 22.2. The Morgan fingerprint density at radius 2 is 1.64 bits per heavy atom. The van der Waals surface area contributed by atoms with Crippen molar-refractivity contribution in [2.75, 3.05) is 13.6 Å².